The molecule has 0 bridgehead atoms. The Morgan fingerprint density at radius 1 is 1.29 bits per heavy atom. The largest absolute Gasteiger partial charge is 0.339 e. The lowest BCUT2D eigenvalue weighted by Gasteiger charge is -2.25. The topological polar surface area (TPSA) is 51.0 Å². The molecule has 0 spiro atoms. The van der Waals surface area contributed by atoms with Crippen LogP contribution in [0.15, 0.2) is 21.1 Å². The summed E-state index contributed by atoms with van der Waals surface area (Å²) < 4.78 is 6.66. The van der Waals surface area contributed by atoms with Gasteiger partial charge in [-0.2, -0.15) is 4.98 Å². The van der Waals surface area contributed by atoms with Gasteiger partial charge in [-0.05, 0) is 63.4 Å². The van der Waals surface area contributed by atoms with E-state index in [1.165, 1.54) is 11.1 Å². The van der Waals surface area contributed by atoms with Gasteiger partial charge in [-0.1, -0.05) is 21.1 Å². The van der Waals surface area contributed by atoms with Crippen LogP contribution in [0.4, 0.5) is 0 Å². The Morgan fingerprint density at radius 3 is 2.67 bits per heavy atom. The minimum atomic E-state index is 0.375. The molecule has 1 N–H and O–H groups in total. The predicted octanol–water partition coefficient (Wildman–Crippen LogP) is 3.97. The first-order chi connectivity index (χ1) is 10.0. The fourth-order valence-electron chi connectivity index (χ4n) is 2.95. The quantitative estimate of drug-likeness (QED) is 0.890. The number of aromatic nitrogens is 2. The normalized spacial score (nSPS) is 22.5. The zero-order valence-corrected chi connectivity index (χ0v) is 14.2. The van der Waals surface area contributed by atoms with Gasteiger partial charge in [-0.15, -0.1) is 0 Å². The number of rotatable bonds is 2. The van der Waals surface area contributed by atoms with Crippen molar-refractivity contribution >= 4 is 15.9 Å². The predicted molar refractivity (Wildman–Crippen MR) is 86.3 cm³/mol. The summed E-state index contributed by atoms with van der Waals surface area (Å²) in [5, 5.41) is 7.62. The molecule has 21 heavy (non-hydrogen) atoms. The second kappa shape index (κ2) is 5.89. The van der Waals surface area contributed by atoms with Crippen molar-refractivity contribution in [2.75, 3.05) is 6.54 Å². The highest BCUT2D eigenvalue weighted by Crippen LogP contribution is 2.30. The van der Waals surface area contributed by atoms with Crippen molar-refractivity contribution in [2.24, 2.45) is 0 Å². The van der Waals surface area contributed by atoms with Crippen molar-refractivity contribution in [2.45, 2.75) is 45.6 Å². The molecule has 1 saturated heterocycles. The third-order valence-electron chi connectivity index (χ3n) is 4.11. The van der Waals surface area contributed by atoms with Crippen molar-refractivity contribution in [3.63, 3.8) is 0 Å². The second-order valence-corrected chi connectivity index (χ2v) is 6.75. The standard InChI is InChI=1S/C16H20BrN3O/c1-9-6-13(7-10(2)14(9)17)15-19-16(21-20-15)12-4-5-18-11(3)8-12/h6-7,11-12,18H,4-5,8H2,1-3H3. The molecule has 112 valence electrons. The fourth-order valence-corrected chi connectivity index (χ4v) is 3.18. The van der Waals surface area contributed by atoms with Crippen LogP contribution in [0.5, 0.6) is 0 Å². The monoisotopic (exact) mass is 349 g/mol. The third kappa shape index (κ3) is 3.04. The Morgan fingerprint density at radius 2 is 2.00 bits per heavy atom. The summed E-state index contributed by atoms with van der Waals surface area (Å²) in [6, 6.07) is 4.70. The van der Waals surface area contributed by atoms with E-state index in [1.807, 2.05) is 0 Å². The number of nitrogens with one attached hydrogen (secondary N) is 1. The van der Waals surface area contributed by atoms with E-state index in [-0.39, 0.29) is 0 Å². The highest BCUT2D eigenvalue weighted by Gasteiger charge is 2.25. The molecule has 1 fully saturated rings. The van der Waals surface area contributed by atoms with Crippen LogP contribution < -0.4 is 5.32 Å². The van der Waals surface area contributed by atoms with Crippen molar-refractivity contribution < 1.29 is 4.52 Å². The fraction of sp³-hybridized carbons (Fsp3) is 0.500. The van der Waals surface area contributed by atoms with Crippen LogP contribution in [0.2, 0.25) is 0 Å². The highest BCUT2D eigenvalue weighted by atomic mass is 79.9. The summed E-state index contributed by atoms with van der Waals surface area (Å²) in [4.78, 5) is 4.63. The molecule has 5 heteroatoms. The van der Waals surface area contributed by atoms with E-state index in [0.29, 0.717) is 17.8 Å². The van der Waals surface area contributed by atoms with Gasteiger partial charge in [0.05, 0.1) is 0 Å². The molecule has 0 saturated carbocycles. The molecule has 0 amide bonds. The van der Waals surface area contributed by atoms with Gasteiger partial charge in [-0.3, -0.25) is 0 Å². The summed E-state index contributed by atoms with van der Waals surface area (Å²) in [6.07, 6.45) is 2.12. The lowest BCUT2D eigenvalue weighted by molar-refractivity contribution is 0.295. The van der Waals surface area contributed by atoms with Crippen molar-refractivity contribution in [1.29, 1.82) is 0 Å². The summed E-state index contributed by atoms with van der Waals surface area (Å²) in [5.74, 6) is 1.84. The molecule has 1 aromatic carbocycles. The summed E-state index contributed by atoms with van der Waals surface area (Å²) in [6.45, 7) is 7.37. The SMILES string of the molecule is Cc1cc(-c2noc(C3CCNC(C)C3)n2)cc(C)c1Br. The minimum Gasteiger partial charge on any atom is -0.339 e. The van der Waals surface area contributed by atoms with Crippen molar-refractivity contribution in [1.82, 2.24) is 15.5 Å². The van der Waals surface area contributed by atoms with Gasteiger partial charge in [0.15, 0.2) is 0 Å². The summed E-state index contributed by atoms with van der Waals surface area (Å²) in [7, 11) is 0. The van der Waals surface area contributed by atoms with E-state index in [2.05, 4.69) is 64.3 Å². The Hall–Kier alpha value is -1.20. The maximum Gasteiger partial charge on any atom is 0.230 e. The second-order valence-electron chi connectivity index (χ2n) is 5.96. The van der Waals surface area contributed by atoms with Gasteiger partial charge in [0.25, 0.3) is 0 Å². The van der Waals surface area contributed by atoms with Crippen LogP contribution in [0, 0.1) is 13.8 Å². The molecule has 1 aliphatic rings. The molecule has 3 rings (SSSR count). The zero-order valence-electron chi connectivity index (χ0n) is 12.6. The Bertz CT molecular complexity index is 630. The maximum atomic E-state index is 5.52. The molecular formula is C16H20BrN3O. The molecule has 1 aliphatic heterocycles. The highest BCUT2D eigenvalue weighted by molar-refractivity contribution is 9.10. The van der Waals surface area contributed by atoms with Crippen LogP contribution in [0.1, 0.15) is 42.7 Å². The Kier molecular flexibility index (Phi) is 4.13. The molecule has 1 aromatic heterocycles. The first-order valence-electron chi connectivity index (χ1n) is 7.38. The summed E-state index contributed by atoms with van der Waals surface area (Å²) in [5.41, 5.74) is 3.39. The van der Waals surface area contributed by atoms with Gasteiger partial charge in [0, 0.05) is 22.0 Å². The smallest absolute Gasteiger partial charge is 0.230 e. The molecule has 0 radical (unpaired) electrons. The van der Waals surface area contributed by atoms with E-state index in [0.717, 1.165) is 35.3 Å². The van der Waals surface area contributed by atoms with Crippen LogP contribution in [-0.4, -0.2) is 22.7 Å². The number of hydrogen-bond donors (Lipinski definition) is 1. The van der Waals surface area contributed by atoms with Crippen molar-refractivity contribution in [3.8, 4) is 11.4 Å². The van der Waals surface area contributed by atoms with Crippen LogP contribution in [-0.2, 0) is 0 Å². The van der Waals surface area contributed by atoms with E-state index in [9.17, 15) is 0 Å². The van der Waals surface area contributed by atoms with E-state index in [1.54, 1.807) is 0 Å². The number of hydrogen-bond acceptors (Lipinski definition) is 4. The number of piperidine rings is 1. The van der Waals surface area contributed by atoms with Gasteiger partial charge < -0.3 is 9.84 Å². The average Bonchev–Trinajstić information content (AvgIpc) is 2.94. The number of nitrogens with zero attached hydrogens (tertiary/aromatic N) is 2. The first-order valence-corrected chi connectivity index (χ1v) is 8.18. The third-order valence-corrected chi connectivity index (χ3v) is 5.36. The molecule has 2 unspecified atom stereocenters. The Labute approximate surface area is 133 Å². The van der Waals surface area contributed by atoms with Gasteiger partial charge in [0.1, 0.15) is 0 Å². The van der Waals surface area contributed by atoms with Crippen LogP contribution >= 0.6 is 15.9 Å². The number of halogens is 1. The molecule has 2 heterocycles. The average molecular weight is 350 g/mol. The zero-order chi connectivity index (χ0) is 15.0. The van der Waals surface area contributed by atoms with Crippen molar-refractivity contribution in [3.05, 3.63) is 33.6 Å². The number of benzene rings is 1. The molecule has 0 aliphatic carbocycles. The Balaban J connectivity index is 1.88. The molecule has 2 atom stereocenters. The lowest BCUT2D eigenvalue weighted by atomic mass is 9.93. The van der Waals surface area contributed by atoms with Crippen LogP contribution in [0.25, 0.3) is 11.4 Å². The maximum absolute atomic E-state index is 5.52. The lowest BCUT2D eigenvalue weighted by Crippen LogP contribution is -2.34. The molecule has 4 nitrogen and oxygen atoms in total. The molecule has 2 aromatic rings. The van der Waals surface area contributed by atoms with E-state index >= 15 is 0 Å². The number of aryl methyl sites for hydroxylation is 2. The summed E-state index contributed by atoms with van der Waals surface area (Å²) >= 11 is 3.59. The van der Waals surface area contributed by atoms with E-state index in [4.69, 9.17) is 4.52 Å². The molecular weight excluding hydrogens is 330 g/mol. The first kappa shape index (κ1) is 14.7. The van der Waals surface area contributed by atoms with Gasteiger partial charge in [0.2, 0.25) is 11.7 Å². The van der Waals surface area contributed by atoms with E-state index < -0.39 is 0 Å². The van der Waals surface area contributed by atoms with Gasteiger partial charge >= 0.3 is 0 Å². The van der Waals surface area contributed by atoms with Crippen LogP contribution in [0.3, 0.4) is 0 Å². The minimum absolute atomic E-state index is 0.375. The van der Waals surface area contributed by atoms with Gasteiger partial charge in [-0.25, -0.2) is 0 Å².